The molecule has 1 amide bonds. The van der Waals surface area contributed by atoms with Gasteiger partial charge in [-0.1, -0.05) is 17.7 Å². The molecule has 2 heterocycles. The van der Waals surface area contributed by atoms with Gasteiger partial charge in [-0.15, -0.1) is 0 Å². The number of carbonyl (C=O) groups excluding carboxylic acids is 1. The first kappa shape index (κ1) is 15.1. The van der Waals surface area contributed by atoms with Crippen LogP contribution in [0.1, 0.15) is 11.1 Å². The zero-order chi connectivity index (χ0) is 17.4. The van der Waals surface area contributed by atoms with Crippen molar-refractivity contribution in [2.24, 2.45) is 0 Å². The number of nitrogens with two attached hydrogens (primary N) is 1. The molecule has 0 spiro atoms. The molecule has 0 radical (unpaired) electrons. The maximum atomic E-state index is 12.1. The molecule has 0 atom stereocenters. The van der Waals surface area contributed by atoms with Gasteiger partial charge in [-0.05, 0) is 37.3 Å². The van der Waals surface area contributed by atoms with Crippen LogP contribution in [0.2, 0.25) is 0 Å². The summed E-state index contributed by atoms with van der Waals surface area (Å²) in [5.41, 5.74) is 11.6. The van der Waals surface area contributed by atoms with Gasteiger partial charge in [-0.2, -0.15) is 0 Å². The van der Waals surface area contributed by atoms with Crippen molar-refractivity contribution in [3.8, 4) is 11.3 Å². The number of hydrogen-bond acceptors (Lipinski definition) is 5. The summed E-state index contributed by atoms with van der Waals surface area (Å²) >= 11 is 0. The van der Waals surface area contributed by atoms with E-state index in [4.69, 9.17) is 5.73 Å². The van der Waals surface area contributed by atoms with E-state index in [1.165, 1.54) is 0 Å². The molecule has 0 unspecified atom stereocenters. The van der Waals surface area contributed by atoms with Gasteiger partial charge >= 0.3 is 0 Å². The van der Waals surface area contributed by atoms with Gasteiger partial charge in [0.05, 0.1) is 17.8 Å². The van der Waals surface area contributed by atoms with Crippen molar-refractivity contribution in [2.45, 2.75) is 13.3 Å². The smallest absolute Gasteiger partial charge is 0.228 e. The standard InChI is InChI=1S/C19H17N5O/c1-11-5-6-16-15(7-11)18-12(8-17(25)23-16)10-21-19(24-18)22-14-4-2-3-13(20)9-14/h2-7,9-10H,8,20H2,1H3,(H,23,25)(H,21,22,24). The van der Waals surface area contributed by atoms with Crippen molar-refractivity contribution in [1.29, 1.82) is 0 Å². The highest BCUT2D eigenvalue weighted by molar-refractivity contribution is 6.00. The number of fused-ring (bicyclic) bond motifs is 3. The molecule has 6 heteroatoms. The van der Waals surface area contributed by atoms with Gasteiger partial charge in [0, 0.05) is 28.7 Å². The summed E-state index contributed by atoms with van der Waals surface area (Å²) in [5.74, 6) is 0.398. The first-order chi connectivity index (χ1) is 12.1. The van der Waals surface area contributed by atoms with Crippen LogP contribution in [0.25, 0.3) is 11.3 Å². The predicted molar refractivity (Wildman–Crippen MR) is 98.7 cm³/mol. The van der Waals surface area contributed by atoms with E-state index in [1.807, 2.05) is 49.4 Å². The van der Waals surface area contributed by atoms with E-state index < -0.39 is 0 Å². The Morgan fingerprint density at radius 3 is 2.92 bits per heavy atom. The zero-order valence-corrected chi connectivity index (χ0v) is 13.7. The van der Waals surface area contributed by atoms with Gasteiger partial charge in [0.2, 0.25) is 11.9 Å². The van der Waals surface area contributed by atoms with E-state index in [0.717, 1.165) is 33.8 Å². The topological polar surface area (TPSA) is 92.9 Å². The molecule has 3 aromatic rings. The first-order valence-electron chi connectivity index (χ1n) is 7.98. The number of rotatable bonds is 2. The molecule has 0 saturated carbocycles. The molecule has 6 nitrogen and oxygen atoms in total. The SMILES string of the molecule is Cc1ccc2c(c1)-c1nc(Nc3cccc(N)c3)ncc1CC(=O)N2. The fourth-order valence-electron chi connectivity index (χ4n) is 2.91. The van der Waals surface area contributed by atoms with Crippen molar-refractivity contribution in [3.05, 3.63) is 59.8 Å². The van der Waals surface area contributed by atoms with Gasteiger partial charge in [0.25, 0.3) is 0 Å². The van der Waals surface area contributed by atoms with E-state index in [1.54, 1.807) is 6.20 Å². The number of anilines is 4. The third-order valence-corrected chi connectivity index (χ3v) is 4.06. The number of benzene rings is 2. The third-order valence-electron chi connectivity index (χ3n) is 4.06. The van der Waals surface area contributed by atoms with E-state index in [-0.39, 0.29) is 12.3 Å². The molecule has 0 aliphatic carbocycles. The van der Waals surface area contributed by atoms with Crippen molar-refractivity contribution in [1.82, 2.24) is 9.97 Å². The number of aryl methyl sites for hydroxylation is 1. The third kappa shape index (κ3) is 3.01. The van der Waals surface area contributed by atoms with E-state index in [0.29, 0.717) is 11.6 Å². The van der Waals surface area contributed by atoms with E-state index in [9.17, 15) is 4.79 Å². The van der Waals surface area contributed by atoms with Crippen LogP contribution < -0.4 is 16.4 Å². The molecule has 1 aliphatic heterocycles. The predicted octanol–water partition coefficient (Wildman–Crippen LogP) is 3.27. The summed E-state index contributed by atoms with van der Waals surface area (Å²) in [6.45, 7) is 2.01. The molecule has 0 fully saturated rings. The summed E-state index contributed by atoms with van der Waals surface area (Å²) in [6.07, 6.45) is 1.95. The van der Waals surface area contributed by atoms with Crippen LogP contribution >= 0.6 is 0 Å². The number of amides is 1. The molecule has 4 rings (SSSR count). The number of carbonyl (C=O) groups is 1. The van der Waals surface area contributed by atoms with Gasteiger partial charge in [0.15, 0.2) is 0 Å². The Morgan fingerprint density at radius 2 is 2.08 bits per heavy atom. The summed E-state index contributed by atoms with van der Waals surface area (Å²) in [7, 11) is 0. The van der Waals surface area contributed by atoms with Gasteiger partial charge < -0.3 is 16.4 Å². The summed E-state index contributed by atoms with van der Waals surface area (Å²) in [4.78, 5) is 21.1. The average Bonchev–Trinajstić information content (AvgIpc) is 2.71. The number of hydrogen-bond donors (Lipinski definition) is 3. The quantitative estimate of drug-likeness (QED) is 0.627. The summed E-state index contributed by atoms with van der Waals surface area (Å²) in [5, 5.41) is 6.09. The molecular weight excluding hydrogens is 314 g/mol. The number of nitrogens with zero attached hydrogens (tertiary/aromatic N) is 2. The highest BCUT2D eigenvalue weighted by atomic mass is 16.1. The van der Waals surface area contributed by atoms with Crippen molar-refractivity contribution < 1.29 is 4.79 Å². The minimum atomic E-state index is -0.0657. The monoisotopic (exact) mass is 331 g/mol. The fraction of sp³-hybridized carbons (Fsp3) is 0.105. The molecule has 4 N–H and O–H groups in total. The van der Waals surface area contributed by atoms with Crippen molar-refractivity contribution >= 4 is 28.9 Å². The van der Waals surface area contributed by atoms with Gasteiger partial charge in [-0.25, -0.2) is 9.97 Å². The van der Waals surface area contributed by atoms with E-state index >= 15 is 0 Å². The van der Waals surface area contributed by atoms with Crippen LogP contribution in [-0.2, 0) is 11.2 Å². The Balaban J connectivity index is 1.80. The van der Waals surface area contributed by atoms with Crippen LogP contribution in [0.15, 0.2) is 48.7 Å². The first-order valence-corrected chi connectivity index (χ1v) is 7.98. The second kappa shape index (κ2) is 5.90. The fourth-order valence-corrected chi connectivity index (χ4v) is 2.91. The van der Waals surface area contributed by atoms with Crippen LogP contribution in [-0.4, -0.2) is 15.9 Å². The minimum absolute atomic E-state index is 0.0657. The minimum Gasteiger partial charge on any atom is -0.399 e. The van der Waals surface area contributed by atoms with Crippen LogP contribution in [0.4, 0.5) is 23.0 Å². The molecule has 2 aromatic carbocycles. The second-order valence-corrected chi connectivity index (χ2v) is 6.09. The van der Waals surface area contributed by atoms with Crippen LogP contribution in [0, 0.1) is 6.92 Å². The molecule has 1 aromatic heterocycles. The summed E-state index contributed by atoms with van der Waals surface area (Å²) < 4.78 is 0. The lowest BCUT2D eigenvalue weighted by Gasteiger charge is -2.11. The normalized spacial score (nSPS) is 12.6. The zero-order valence-electron chi connectivity index (χ0n) is 13.7. The maximum absolute atomic E-state index is 12.1. The molecule has 0 saturated heterocycles. The Morgan fingerprint density at radius 1 is 1.20 bits per heavy atom. The van der Waals surface area contributed by atoms with Crippen molar-refractivity contribution in [2.75, 3.05) is 16.4 Å². The van der Waals surface area contributed by atoms with E-state index in [2.05, 4.69) is 20.6 Å². The molecule has 0 bridgehead atoms. The highest BCUT2D eigenvalue weighted by Crippen LogP contribution is 2.33. The Kier molecular flexibility index (Phi) is 3.57. The Labute approximate surface area is 145 Å². The maximum Gasteiger partial charge on any atom is 0.228 e. The van der Waals surface area contributed by atoms with Crippen LogP contribution in [0.5, 0.6) is 0 Å². The van der Waals surface area contributed by atoms with Crippen LogP contribution in [0.3, 0.4) is 0 Å². The largest absolute Gasteiger partial charge is 0.399 e. The highest BCUT2D eigenvalue weighted by Gasteiger charge is 2.21. The number of nitrogens with one attached hydrogen (secondary N) is 2. The van der Waals surface area contributed by atoms with Gasteiger partial charge in [0.1, 0.15) is 0 Å². The number of nitrogen functional groups attached to an aromatic ring is 1. The molecular formula is C19H17N5O. The lowest BCUT2D eigenvalue weighted by Crippen LogP contribution is -2.12. The Bertz CT molecular complexity index is 983. The van der Waals surface area contributed by atoms with Crippen molar-refractivity contribution in [3.63, 3.8) is 0 Å². The molecule has 25 heavy (non-hydrogen) atoms. The Hall–Kier alpha value is -3.41. The molecule has 124 valence electrons. The second-order valence-electron chi connectivity index (χ2n) is 6.09. The summed E-state index contributed by atoms with van der Waals surface area (Å²) in [6, 6.07) is 13.3. The molecule has 1 aliphatic rings. The lowest BCUT2D eigenvalue weighted by molar-refractivity contribution is -0.115. The van der Waals surface area contributed by atoms with Gasteiger partial charge in [-0.3, -0.25) is 4.79 Å². The lowest BCUT2D eigenvalue weighted by atomic mass is 10.0. The number of aromatic nitrogens is 2. The average molecular weight is 331 g/mol.